The molecule has 0 aromatic rings. The van der Waals surface area contributed by atoms with Gasteiger partial charge in [-0.25, -0.2) is 4.79 Å². The lowest BCUT2D eigenvalue weighted by Gasteiger charge is -2.50. The molecule has 18 unspecified atom stereocenters. The first-order chi connectivity index (χ1) is 43.9. The van der Waals surface area contributed by atoms with Crippen LogP contribution in [0.1, 0.15) is 252 Å². The van der Waals surface area contributed by atoms with Gasteiger partial charge >= 0.3 is 5.97 Å². The van der Waals surface area contributed by atoms with Crippen LogP contribution in [-0.2, 0) is 42.8 Å². The molecule has 3 fully saturated rings. The average molecular weight is 1310 g/mol. The van der Waals surface area contributed by atoms with Crippen LogP contribution in [0, 0.1) is 0 Å². The van der Waals surface area contributed by atoms with Crippen LogP contribution >= 0.6 is 0 Å². The maximum atomic E-state index is 13.4. The zero-order chi connectivity index (χ0) is 66.8. The average Bonchev–Trinajstić information content (AvgIpc) is 0.925. The fraction of sp³-hybridized carbons (Fsp3) is 0.897. The van der Waals surface area contributed by atoms with Crippen molar-refractivity contribution in [2.24, 2.45) is 0 Å². The van der Waals surface area contributed by atoms with E-state index < -0.39 is 155 Å². The highest BCUT2D eigenvalue weighted by Gasteiger charge is 2.60. The molecule has 23 heteroatoms. The maximum Gasteiger partial charge on any atom is 0.364 e. The van der Waals surface area contributed by atoms with E-state index in [2.05, 4.69) is 36.6 Å². The summed E-state index contributed by atoms with van der Waals surface area (Å²) in [5.41, 5.74) is 0. The van der Waals surface area contributed by atoms with Crippen LogP contribution in [0.3, 0.4) is 0 Å². The van der Waals surface area contributed by atoms with Crippen molar-refractivity contribution in [3.8, 4) is 0 Å². The first kappa shape index (κ1) is 82.4. The number of rotatable bonds is 53. The lowest BCUT2D eigenvalue weighted by Crippen LogP contribution is -2.70. The Morgan fingerprint density at radius 3 is 1.49 bits per heavy atom. The molecule has 3 rings (SSSR count). The van der Waals surface area contributed by atoms with Crippen molar-refractivity contribution < 1.29 is 104 Å². The molecule has 18 atom stereocenters. The Morgan fingerprint density at radius 2 is 1.03 bits per heavy atom. The van der Waals surface area contributed by atoms with Gasteiger partial charge in [-0.2, -0.15) is 0 Å². The van der Waals surface area contributed by atoms with Gasteiger partial charge in [0.1, 0.15) is 67.1 Å². The molecule has 0 bridgehead atoms. The van der Waals surface area contributed by atoms with Crippen LogP contribution in [0.15, 0.2) is 24.3 Å². The smallest absolute Gasteiger partial charge is 0.364 e. The predicted molar refractivity (Wildman–Crippen MR) is 343 cm³/mol. The summed E-state index contributed by atoms with van der Waals surface area (Å²) in [6.45, 7) is 2.11. The normalized spacial score (nSPS) is 28.5. The fourth-order valence-corrected chi connectivity index (χ4v) is 12.2. The number of nitrogens with one attached hydrogen (secondary N) is 2. The quantitative estimate of drug-likeness (QED) is 0.0230. The second kappa shape index (κ2) is 48.8. The van der Waals surface area contributed by atoms with Crippen LogP contribution in [0.5, 0.6) is 0 Å². The van der Waals surface area contributed by atoms with E-state index in [1.807, 2.05) is 6.08 Å². The molecule has 0 saturated carbocycles. The van der Waals surface area contributed by atoms with E-state index in [0.717, 1.165) is 58.3 Å². The highest BCUT2D eigenvalue weighted by atomic mass is 16.8. The number of ether oxygens (including phenoxy) is 6. The van der Waals surface area contributed by atoms with Crippen LogP contribution in [-0.4, -0.2) is 215 Å². The van der Waals surface area contributed by atoms with Gasteiger partial charge in [0, 0.05) is 19.8 Å². The lowest BCUT2D eigenvalue weighted by atomic mass is 9.88. The standard InChI is InChI=1S/C68H124N2O21/c1-4-6-8-10-12-14-16-17-18-19-20-21-22-23-24-25-26-27-28-29-30-32-34-36-38-40-42-55(78)70-49(50(75)41-39-37-35-33-31-15-13-11-9-7-5-2)47-86-65-60(82)59(81)62(54(46-73)88-65)89-66-61(83)64(58(80)53(45-72)87-66)91-68(67(84)85)43-51(76)56(69-48(3)74)63(90-68)57(79)52(77)44-71/h23-24,39,41,49-54,56-66,71-73,75-77,79-83H,4-22,25-38,40,42-47H2,1-3H3,(H,69,74)(H,70,78)(H,84,85)/b24-23-,41-39+. The first-order valence-corrected chi connectivity index (χ1v) is 35.2. The molecule has 2 amide bonds. The third kappa shape index (κ3) is 31.3. The van der Waals surface area contributed by atoms with Crippen LogP contribution < -0.4 is 10.6 Å². The Balaban J connectivity index is 1.53. The molecule has 0 aromatic carbocycles. The third-order valence-electron chi connectivity index (χ3n) is 17.9. The van der Waals surface area contributed by atoms with Crippen molar-refractivity contribution in [1.29, 1.82) is 0 Å². The molecule has 532 valence electrons. The Hall–Kier alpha value is -2.79. The third-order valence-corrected chi connectivity index (χ3v) is 17.9. The Bertz CT molecular complexity index is 1940. The van der Waals surface area contributed by atoms with Gasteiger partial charge in [0.05, 0.1) is 50.7 Å². The summed E-state index contributed by atoms with van der Waals surface area (Å²) in [5.74, 6) is -6.14. The van der Waals surface area contributed by atoms with E-state index in [4.69, 9.17) is 28.4 Å². The van der Waals surface area contributed by atoms with Crippen molar-refractivity contribution in [2.45, 2.75) is 362 Å². The van der Waals surface area contributed by atoms with Gasteiger partial charge in [0.25, 0.3) is 5.79 Å². The SMILES string of the molecule is CCCCCCCCCCC/C=C/C(O)C(COC1OC(CO)C(OC2OC(CO)C(O)C(OC3(C(=O)O)CC(O)C(NC(C)=O)C(C(O)C(O)CO)O3)C2O)C(O)C1O)NC(=O)CCCCCCCCCCCC/C=C\CCCCCCCCCCCCCC. The number of allylic oxidation sites excluding steroid dienone is 3. The minimum atomic E-state index is -3.08. The topological polar surface area (TPSA) is 373 Å². The summed E-state index contributed by atoms with van der Waals surface area (Å²) in [6, 6.07) is -2.62. The highest BCUT2D eigenvalue weighted by molar-refractivity contribution is 5.77. The first-order valence-electron chi connectivity index (χ1n) is 35.2. The molecular weight excluding hydrogens is 1180 g/mol. The molecular formula is C68H124N2O21. The van der Waals surface area contributed by atoms with Gasteiger partial charge in [-0.05, 0) is 44.9 Å². The van der Waals surface area contributed by atoms with Crippen LogP contribution in [0.4, 0.5) is 0 Å². The zero-order valence-electron chi connectivity index (χ0n) is 55.4. The summed E-state index contributed by atoms with van der Waals surface area (Å²) >= 11 is 0. The number of aliphatic carboxylic acids is 1. The van der Waals surface area contributed by atoms with Crippen LogP contribution in [0.25, 0.3) is 0 Å². The van der Waals surface area contributed by atoms with Gasteiger partial charge < -0.3 is 100 Å². The summed E-state index contributed by atoms with van der Waals surface area (Å²) in [4.78, 5) is 38.5. The number of hydrogen-bond acceptors (Lipinski definition) is 20. The molecule has 14 N–H and O–H groups in total. The number of carboxylic acid groups (broad SMARTS) is 1. The summed E-state index contributed by atoms with van der Waals surface area (Å²) < 4.78 is 34.7. The number of carboxylic acids is 1. The maximum absolute atomic E-state index is 13.4. The van der Waals surface area contributed by atoms with Gasteiger partial charge in [0.2, 0.25) is 11.8 Å². The van der Waals surface area contributed by atoms with Crippen molar-refractivity contribution >= 4 is 17.8 Å². The van der Waals surface area contributed by atoms with Crippen molar-refractivity contribution in [1.82, 2.24) is 10.6 Å². The van der Waals surface area contributed by atoms with Crippen molar-refractivity contribution in [2.75, 3.05) is 26.4 Å². The molecule has 0 spiro atoms. The second-order valence-electron chi connectivity index (χ2n) is 25.7. The molecule has 0 radical (unpaired) electrons. The minimum Gasteiger partial charge on any atom is -0.477 e. The number of hydrogen-bond donors (Lipinski definition) is 14. The van der Waals surface area contributed by atoms with E-state index in [0.29, 0.717) is 12.8 Å². The lowest BCUT2D eigenvalue weighted by molar-refractivity contribution is -0.386. The molecule has 3 saturated heterocycles. The van der Waals surface area contributed by atoms with E-state index >= 15 is 0 Å². The summed E-state index contributed by atoms with van der Waals surface area (Å²) in [7, 11) is 0. The zero-order valence-corrected chi connectivity index (χ0v) is 55.4. The number of aliphatic hydroxyl groups is 11. The molecule has 0 aliphatic carbocycles. The number of unbranched alkanes of at least 4 members (excludes halogenated alkanes) is 31. The Morgan fingerprint density at radius 1 is 0.571 bits per heavy atom. The van der Waals surface area contributed by atoms with Gasteiger partial charge in [-0.1, -0.05) is 212 Å². The van der Waals surface area contributed by atoms with Gasteiger partial charge in [0.15, 0.2) is 12.6 Å². The molecule has 3 aliphatic rings. The Kier molecular flexibility index (Phi) is 44.2. The molecule has 3 heterocycles. The number of carbonyl (C=O) groups is 3. The van der Waals surface area contributed by atoms with Gasteiger partial charge in [-0.15, -0.1) is 0 Å². The van der Waals surface area contributed by atoms with Crippen LogP contribution in [0.2, 0.25) is 0 Å². The highest BCUT2D eigenvalue weighted by Crippen LogP contribution is 2.39. The molecule has 0 aromatic heterocycles. The van der Waals surface area contributed by atoms with E-state index in [1.54, 1.807) is 6.08 Å². The van der Waals surface area contributed by atoms with E-state index in [-0.39, 0.29) is 12.3 Å². The fourth-order valence-electron chi connectivity index (χ4n) is 12.2. The second-order valence-corrected chi connectivity index (χ2v) is 25.7. The minimum absolute atomic E-state index is 0.199. The molecule has 91 heavy (non-hydrogen) atoms. The number of amides is 2. The largest absolute Gasteiger partial charge is 0.477 e. The monoisotopic (exact) mass is 1300 g/mol. The van der Waals surface area contributed by atoms with E-state index in [9.17, 15) is 75.7 Å². The molecule has 3 aliphatic heterocycles. The summed E-state index contributed by atoms with van der Waals surface area (Å²) in [6.07, 6.45) is 19.6. The number of aliphatic hydroxyl groups excluding tert-OH is 11. The summed E-state index contributed by atoms with van der Waals surface area (Å²) in [5, 5.41) is 136. The molecule has 23 nitrogen and oxygen atoms in total. The van der Waals surface area contributed by atoms with E-state index in [1.165, 1.54) is 154 Å². The number of carbonyl (C=O) groups excluding carboxylic acids is 2. The van der Waals surface area contributed by atoms with Gasteiger partial charge in [-0.3, -0.25) is 9.59 Å². The van der Waals surface area contributed by atoms with Crippen molar-refractivity contribution in [3.05, 3.63) is 24.3 Å². The predicted octanol–water partition coefficient (Wildman–Crippen LogP) is 6.45. The Labute approximate surface area is 543 Å². The van der Waals surface area contributed by atoms with Crippen molar-refractivity contribution in [3.63, 3.8) is 0 Å².